The largest absolute Gasteiger partial charge is 0.872 e. The van der Waals surface area contributed by atoms with Crippen LogP contribution in [0, 0.1) is 11.3 Å². The predicted molar refractivity (Wildman–Crippen MR) is 41.3 cm³/mol. The fraction of sp³-hybridized carbons (Fsp3) is 0.111. The topological polar surface area (TPSA) is 50.7 Å². The van der Waals surface area contributed by atoms with Gasteiger partial charge < -0.3 is 5.11 Å². The van der Waals surface area contributed by atoms with Crippen LogP contribution in [0.2, 0.25) is 0 Å². The molecule has 0 aliphatic heterocycles. The van der Waals surface area contributed by atoms with Crippen molar-refractivity contribution in [2.24, 2.45) is 0 Å². The first-order chi connectivity index (χ1) is 5.72. The van der Waals surface area contributed by atoms with Gasteiger partial charge in [-0.3, -0.25) is 0 Å². The minimum absolute atomic E-state index is 0.0234. The molecule has 0 radical (unpaired) electrons. The SMILES string of the molecule is C/C([O-])=C/[n+]1ccc(C#N)cc1. The Hall–Kier alpha value is -1.82. The Morgan fingerprint density at radius 3 is 2.58 bits per heavy atom. The molecule has 0 aliphatic carbocycles. The van der Waals surface area contributed by atoms with Gasteiger partial charge in [-0.1, -0.05) is 5.76 Å². The number of nitriles is 1. The van der Waals surface area contributed by atoms with Crippen LogP contribution in [0.1, 0.15) is 12.5 Å². The van der Waals surface area contributed by atoms with Crippen LogP contribution < -0.4 is 9.67 Å². The Morgan fingerprint density at radius 2 is 2.17 bits per heavy atom. The molecule has 1 rings (SSSR count). The summed E-state index contributed by atoms with van der Waals surface area (Å²) < 4.78 is 1.61. The van der Waals surface area contributed by atoms with Gasteiger partial charge >= 0.3 is 0 Å². The van der Waals surface area contributed by atoms with Crippen LogP contribution in [0.3, 0.4) is 0 Å². The van der Waals surface area contributed by atoms with Crippen molar-refractivity contribution in [1.29, 1.82) is 5.26 Å². The second-order valence-electron chi connectivity index (χ2n) is 2.39. The monoisotopic (exact) mass is 160 g/mol. The van der Waals surface area contributed by atoms with Gasteiger partial charge in [0.15, 0.2) is 18.6 Å². The van der Waals surface area contributed by atoms with Crippen LogP contribution in [0.4, 0.5) is 0 Å². The van der Waals surface area contributed by atoms with E-state index in [1.165, 1.54) is 13.1 Å². The van der Waals surface area contributed by atoms with E-state index in [0.29, 0.717) is 5.56 Å². The Kier molecular flexibility index (Phi) is 2.44. The molecule has 1 heterocycles. The summed E-state index contributed by atoms with van der Waals surface area (Å²) in [5, 5.41) is 19.1. The number of nitrogens with zero attached hydrogens (tertiary/aromatic N) is 2. The third-order valence-corrected chi connectivity index (χ3v) is 1.31. The Labute approximate surface area is 70.8 Å². The standard InChI is InChI=1S/C9H8N2O/c1-8(12)7-11-4-2-9(6-10)3-5-11/h2-5,7H,1H3/b8-7-. The van der Waals surface area contributed by atoms with Crippen LogP contribution in [-0.4, -0.2) is 0 Å². The molecule has 0 bridgehead atoms. The molecule has 0 saturated carbocycles. The number of allylic oxidation sites excluding steroid dienone is 1. The van der Waals surface area contributed by atoms with Crippen LogP contribution in [0.5, 0.6) is 0 Å². The highest BCUT2D eigenvalue weighted by molar-refractivity contribution is 5.24. The molecule has 0 amide bonds. The molecule has 0 aliphatic rings. The third-order valence-electron chi connectivity index (χ3n) is 1.31. The maximum atomic E-state index is 10.6. The van der Waals surface area contributed by atoms with Crippen molar-refractivity contribution < 1.29 is 9.67 Å². The maximum absolute atomic E-state index is 10.6. The summed E-state index contributed by atoms with van der Waals surface area (Å²) in [6.45, 7) is 1.48. The molecular formula is C9H8N2O. The van der Waals surface area contributed by atoms with E-state index >= 15 is 0 Å². The highest BCUT2D eigenvalue weighted by atomic mass is 16.3. The van der Waals surface area contributed by atoms with E-state index in [9.17, 15) is 5.11 Å². The zero-order valence-electron chi connectivity index (χ0n) is 6.69. The molecule has 0 saturated heterocycles. The van der Waals surface area contributed by atoms with Crippen LogP contribution >= 0.6 is 0 Å². The third kappa shape index (κ3) is 2.10. The van der Waals surface area contributed by atoms with Gasteiger partial charge in [0.1, 0.15) is 0 Å². The van der Waals surface area contributed by atoms with E-state index in [-0.39, 0.29) is 5.76 Å². The maximum Gasteiger partial charge on any atom is 0.175 e. The molecule has 1 aromatic rings. The van der Waals surface area contributed by atoms with E-state index < -0.39 is 0 Å². The fourth-order valence-electron chi connectivity index (χ4n) is 0.809. The molecule has 0 atom stereocenters. The molecule has 0 fully saturated rings. The molecule has 0 spiro atoms. The average Bonchev–Trinajstić information content (AvgIpc) is 2.05. The molecule has 3 heteroatoms. The highest BCUT2D eigenvalue weighted by Crippen LogP contribution is 1.90. The van der Waals surface area contributed by atoms with E-state index in [4.69, 9.17) is 5.26 Å². The van der Waals surface area contributed by atoms with E-state index in [1.807, 2.05) is 6.07 Å². The number of rotatable bonds is 1. The lowest BCUT2D eigenvalue weighted by molar-refractivity contribution is -0.573. The number of hydrogen-bond donors (Lipinski definition) is 0. The van der Waals surface area contributed by atoms with Crippen molar-refractivity contribution in [2.75, 3.05) is 0 Å². The van der Waals surface area contributed by atoms with Crippen molar-refractivity contribution in [1.82, 2.24) is 0 Å². The van der Waals surface area contributed by atoms with Crippen LogP contribution in [-0.2, 0) is 0 Å². The number of aromatic nitrogens is 1. The van der Waals surface area contributed by atoms with Gasteiger partial charge in [0, 0.05) is 12.1 Å². The summed E-state index contributed by atoms with van der Waals surface area (Å²) in [5.41, 5.74) is 0.586. The Morgan fingerprint density at radius 1 is 1.58 bits per heavy atom. The summed E-state index contributed by atoms with van der Waals surface area (Å²) in [6, 6.07) is 5.30. The van der Waals surface area contributed by atoms with Gasteiger partial charge in [-0.2, -0.15) is 9.83 Å². The van der Waals surface area contributed by atoms with Gasteiger partial charge in [0.05, 0.1) is 11.6 Å². The molecule has 0 N–H and O–H groups in total. The normalized spacial score (nSPS) is 10.8. The quantitative estimate of drug-likeness (QED) is 0.429. The first-order valence-corrected chi connectivity index (χ1v) is 3.49. The van der Waals surface area contributed by atoms with Gasteiger partial charge in [-0.25, -0.2) is 0 Å². The van der Waals surface area contributed by atoms with Crippen molar-refractivity contribution in [3.05, 3.63) is 35.8 Å². The summed E-state index contributed by atoms with van der Waals surface area (Å²) in [5.74, 6) is -0.0234. The molecule has 1 aromatic heterocycles. The van der Waals surface area contributed by atoms with Crippen molar-refractivity contribution in [3.63, 3.8) is 0 Å². The molecular weight excluding hydrogens is 152 g/mol. The van der Waals surface area contributed by atoms with Crippen molar-refractivity contribution >= 4 is 6.20 Å². The Balaban J connectivity index is 2.95. The predicted octanol–water partition coefficient (Wildman–Crippen LogP) is 0.0244. The summed E-state index contributed by atoms with van der Waals surface area (Å²) >= 11 is 0. The molecule has 60 valence electrons. The minimum atomic E-state index is -0.0234. The van der Waals surface area contributed by atoms with E-state index in [1.54, 1.807) is 29.1 Å². The molecule has 3 nitrogen and oxygen atoms in total. The molecule has 12 heavy (non-hydrogen) atoms. The second-order valence-corrected chi connectivity index (χ2v) is 2.39. The first kappa shape index (κ1) is 8.28. The lowest BCUT2D eigenvalue weighted by Gasteiger charge is -1.97. The molecule has 0 aromatic carbocycles. The Bertz CT molecular complexity index is 329. The second kappa shape index (κ2) is 3.54. The lowest BCUT2D eigenvalue weighted by Crippen LogP contribution is -2.26. The smallest absolute Gasteiger partial charge is 0.175 e. The minimum Gasteiger partial charge on any atom is -0.872 e. The fourth-order valence-corrected chi connectivity index (χ4v) is 0.809. The van der Waals surface area contributed by atoms with E-state index in [0.717, 1.165) is 0 Å². The van der Waals surface area contributed by atoms with Gasteiger partial charge in [0.2, 0.25) is 0 Å². The summed E-state index contributed by atoms with van der Waals surface area (Å²) in [4.78, 5) is 0. The summed E-state index contributed by atoms with van der Waals surface area (Å²) in [6.07, 6.45) is 4.78. The van der Waals surface area contributed by atoms with Crippen molar-refractivity contribution in [2.45, 2.75) is 6.92 Å². The van der Waals surface area contributed by atoms with Gasteiger partial charge in [0.25, 0.3) is 0 Å². The van der Waals surface area contributed by atoms with Gasteiger partial charge in [-0.05, 0) is 6.92 Å². The van der Waals surface area contributed by atoms with Crippen molar-refractivity contribution in [3.8, 4) is 6.07 Å². The average molecular weight is 160 g/mol. The first-order valence-electron chi connectivity index (χ1n) is 3.49. The van der Waals surface area contributed by atoms with E-state index in [2.05, 4.69) is 0 Å². The van der Waals surface area contributed by atoms with Crippen LogP contribution in [0.15, 0.2) is 30.3 Å². The number of hydrogen-bond acceptors (Lipinski definition) is 2. The van der Waals surface area contributed by atoms with Crippen LogP contribution in [0.25, 0.3) is 6.20 Å². The highest BCUT2D eigenvalue weighted by Gasteiger charge is 1.94. The van der Waals surface area contributed by atoms with Gasteiger partial charge in [-0.15, -0.1) is 0 Å². The zero-order chi connectivity index (χ0) is 8.97. The number of pyridine rings is 1. The zero-order valence-corrected chi connectivity index (χ0v) is 6.69. The molecule has 0 unspecified atom stereocenters. The summed E-state index contributed by atoms with van der Waals surface area (Å²) in [7, 11) is 0. The lowest BCUT2D eigenvalue weighted by atomic mass is 10.3.